The minimum absolute atomic E-state index is 0.0448. The van der Waals surface area contributed by atoms with Crippen LogP contribution >= 0.6 is 0 Å². The molecule has 1 N–H and O–H groups in total. The van der Waals surface area contributed by atoms with E-state index in [1.165, 1.54) is 0 Å². The van der Waals surface area contributed by atoms with Gasteiger partial charge in [-0.2, -0.15) is 4.31 Å². The molecule has 6 heteroatoms. The highest BCUT2D eigenvalue weighted by atomic mass is 32.2. The molecule has 1 saturated heterocycles. The fourth-order valence-corrected chi connectivity index (χ4v) is 5.69. The quantitative estimate of drug-likeness (QED) is 0.757. The van der Waals surface area contributed by atoms with Crippen molar-refractivity contribution >= 4 is 15.9 Å². The molecule has 0 bridgehead atoms. The van der Waals surface area contributed by atoms with E-state index < -0.39 is 10.0 Å². The lowest BCUT2D eigenvalue weighted by Crippen LogP contribution is -2.45. The lowest BCUT2D eigenvalue weighted by molar-refractivity contribution is -0.125. The van der Waals surface area contributed by atoms with Gasteiger partial charge in [0.05, 0.1) is 4.90 Å². The minimum Gasteiger partial charge on any atom is -0.356 e. The van der Waals surface area contributed by atoms with Crippen LogP contribution in [0.4, 0.5) is 0 Å². The van der Waals surface area contributed by atoms with Crippen LogP contribution in [-0.4, -0.2) is 37.8 Å². The van der Waals surface area contributed by atoms with Gasteiger partial charge in [0.25, 0.3) is 0 Å². The molecule has 148 valence electrons. The monoisotopic (exact) mass is 390 g/mol. The summed E-state index contributed by atoms with van der Waals surface area (Å²) >= 11 is 0. The Balaban J connectivity index is 1.60. The van der Waals surface area contributed by atoms with Gasteiger partial charge in [-0.1, -0.05) is 36.3 Å². The fraction of sp³-hybridized carbons (Fsp3) is 0.571. The number of nitrogens with one attached hydrogen (secondary N) is 1. The van der Waals surface area contributed by atoms with Gasteiger partial charge in [-0.15, -0.1) is 0 Å². The SMILES string of the molecule is Cc1ccc(S(=O)(=O)N2CCCC[C@H]2CCNC(=O)[C@@H]2CC=CCC2)cc1. The second-order valence-corrected chi connectivity index (χ2v) is 9.53. The molecule has 2 atom stereocenters. The van der Waals surface area contributed by atoms with Crippen LogP contribution in [0, 0.1) is 12.8 Å². The van der Waals surface area contributed by atoms with E-state index in [0.717, 1.165) is 44.1 Å². The zero-order chi connectivity index (χ0) is 19.3. The first kappa shape index (κ1) is 20.1. The maximum Gasteiger partial charge on any atom is 0.243 e. The Hall–Kier alpha value is -1.66. The lowest BCUT2D eigenvalue weighted by atomic mass is 9.93. The second kappa shape index (κ2) is 9.02. The zero-order valence-corrected chi connectivity index (χ0v) is 16.9. The number of amides is 1. The predicted molar refractivity (Wildman–Crippen MR) is 107 cm³/mol. The summed E-state index contributed by atoms with van der Waals surface area (Å²) in [5, 5.41) is 3.02. The van der Waals surface area contributed by atoms with E-state index in [4.69, 9.17) is 0 Å². The predicted octanol–water partition coefficient (Wildman–Crippen LogP) is 3.40. The molecule has 3 rings (SSSR count). The molecular formula is C21H30N2O3S. The van der Waals surface area contributed by atoms with Crippen molar-refractivity contribution in [2.45, 2.75) is 62.8 Å². The van der Waals surface area contributed by atoms with Gasteiger partial charge in [0, 0.05) is 25.0 Å². The Morgan fingerprint density at radius 2 is 1.93 bits per heavy atom. The molecule has 0 unspecified atom stereocenters. The number of carbonyl (C=O) groups excluding carboxylic acids is 1. The molecular weight excluding hydrogens is 360 g/mol. The Kier molecular flexibility index (Phi) is 6.71. The molecule has 1 aliphatic carbocycles. The number of sulfonamides is 1. The lowest BCUT2D eigenvalue weighted by Gasteiger charge is -2.35. The standard InChI is InChI=1S/C21H30N2O3S/c1-17-10-12-20(13-11-17)27(25,26)23-16-6-5-9-19(23)14-15-22-21(24)18-7-3-2-4-8-18/h2-3,10-13,18-19H,4-9,14-16H2,1H3,(H,22,24)/t18-,19+/m1/s1. The molecule has 1 aliphatic heterocycles. The van der Waals surface area contributed by atoms with E-state index in [0.29, 0.717) is 24.4 Å². The minimum atomic E-state index is -3.49. The van der Waals surface area contributed by atoms with Crippen molar-refractivity contribution in [3.05, 3.63) is 42.0 Å². The molecule has 1 aromatic rings. The van der Waals surface area contributed by atoms with Crippen molar-refractivity contribution in [3.8, 4) is 0 Å². The molecule has 1 fully saturated rings. The van der Waals surface area contributed by atoms with Crippen molar-refractivity contribution in [3.63, 3.8) is 0 Å². The Morgan fingerprint density at radius 1 is 1.15 bits per heavy atom. The van der Waals surface area contributed by atoms with Crippen molar-refractivity contribution < 1.29 is 13.2 Å². The summed E-state index contributed by atoms with van der Waals surface area (Å²) in [6.45, 7) is 3.04. The molecule has 1 heterocycles. The van der Waals surface area contributed by atoms with E-state index in [9.17, 15) is 13.2 Å². The van der Waals surface area contributed by atoms with Gasteiger partial charge in [-0.3, -0.25) is 4.79 Å². The average Bonchev–Trinajstić information content (AvgIpc) is 2.69. The molecule has 5 nitrogen and oxygen atoms in total. The van der Waals surface area contributed by atoms with Gasteiger partial charge in [-0.25, -0.2) is 8.42 Å². The second-order valence-electron chi connectivity index (χ2n) is 7.64. The van der Waals surface area contributed by atoms with Gasteiger partial charge >= 0.3 is 0 Å². The molecule has 0 aromatic heterocycles. The summed E-state index contributed by atoms with van der Waals surface area (Å²) in [6.07, 6.45) is 10.3. The van der Waals surface area contributed by atoms with Crippen LogP contribution in [-0.2, 0) is 14.8 Å². The van der Waals surface area contributed by atoms with Crippen LogP contribution in [0.2, 0.25) is 0 Å². The number of carbonyl (C=O) groups is 1. The number of aryl methyl sites for hydroxylation is 1. The van der Waals surface area contributed by atoms with Crippen LogP contribution in [0.15, 0.2) is 41.3 Å². The average molecular weight is 391 g/mol. The summed E-state index contributed by atoms with van der Waals surface area (Å²) in [5.41, 5.74) is 1.05. The van der Waals surface area contributed by atoms with E-state index in [2.05, 4.69) is 17.5 Å². The molecule has 0 saturated carbocycles. The Labute approximate surface area is 162 Å². The summed E-state index contributed by atoms with van der Waals surface area (Å²) in [5.74, 6) is 0.164. The van der Waals surface area contributed by atoms with Crippen LogP contribution in [0.5, 0.6) is 0 Å². The smallest absolute Gasteiger partial charge is 0.243 e. The maximum atomic E-state index is 13.1. The van der Waals surface area contributed by atoms with E-state index in [-0.39, 0.29) is 17.9 Å². The van der Waals surface area contributed by atoms with Crippen LogP contribution < -0.4 is 5.32 Å². The largest absolute Gasteiger partial charge is 0.356 e. The fourth-order valence-electron chi connectivity index (χ4n) is 3.96. The van der Waals surface area contributed by atoms with E-state index >= 15 is 0 Å². The van der Waals surface area contributed by atoms with Crippen LogP contribution in [0.1, 0.15) is 50.5 Å². The summed E-state index contributed by atoms with van der Waals surface area (Å²) in [6, 6.07) is 7.01. The summed E-state index contributed by atoms with van der Waals surface area (Å²) in [4.78, 5) is 12.7. The number of allylic oxidation sites excluding steroid dienone is 2. The first-order valence-electron chi connectivity index (χ1n) is 10.00. The molecule has 1 amide bonds. The highest BCUT2D eigenvalue weighted by Crippen LogP contribution is 2.27. The van der Waals surface area contributed by atoms with Crippen molar-refractivity contribution in [2.24, 2.45) is 5.92 Å². The number of hydrogen-bond donors (Lipinski definition) is 1. The van der Waals surface area contributed by atoms with Crippen molar-refractivity contribution in [1.29, 1.82) is 0 Å². The Bertz CT molecular complexity index is 771. The topological polar surface area (TPSA) is 66.5 Å². The molecule has 1 aromatic carbocycles. The van der Waals surface area contributed by atoms with Gasteiger partial charge in [0.2, 0.25) is 15.9 Å². The molecule has 0 radical (unpaired) electrons. The van der Waals surface area contributed by atoms with Crippen LogP contribution in [0.25, 0.3) is 0 Å². The van der Waals surface area contributed by atoms with Crippen LogP contribution in [0.3, 0.4) is 0 Å². The third kappa shape index (κ3) is 4.99. The molecule has 2 aliphatic rings. The number of benzene rings is 1. The van der Waals surface area contributed by atoms with E-state index in [1.54, 1.807) is 16.4 Å². The highest BCUT2D eigenvalue weighted by Gasteiger charge is 2.33. The number of piperidine rings is 1. The third-order valence-electron chi connectivity index (χ3n) is 5.62. The van der Waals surface area contributed by atoms with Gasteiger partial charge in [0.1, 0.15) is 0 Å². The van der Waals surface area contributed by atoms with Gasteiger partial charge < -0.3 is 5.32 Å². The van der Waals surface area contributed by atoms with Crippen molar-refractivity contribution in [1.82, 2.24) is 9.62 Å². The van der Waals surface area contributed by atoms with E-state index in [1.807, 2.05) is 19.1 Å². The Morgan fingerprint density at radius 3 is 2.63 bits per heavy atom. The number of hydrogen-bond acceptors (Lipinski definition) is 3. The van der Waals surface area contributed by atoms with Gasteiger partial charge in [-0.05, 0) is 57.6 Å². The zero-order valence-electron chi connectivity index (χ0n) is 16.1. The van der Waals surface area contributed by atoms with Crippen molar-refractivity contribution in [2.75, 3.05) is 13.1 Å². The molecule has 27 heavy (non-hydrogen) atoms. The molecule has 0 spiro atoms. The summed E-state index contributed by atoms with van der Waals surface area (Å²) < 4.78 is 27.8. The van der Waals surface area contributed by atoms with Gasteiger partial charge in [0.15, 0.2) is 0 Å². The number of rotatable bonds is 6. The first-order valence-corrected chi connectivity index (χ1v) is 11.4. The normalized spacial score (nSPS) is 23.9. The highest BCUT2D eigenvalue weighted by molar-refractivity contribution is 7.89. The summed E-state index contributed by atoms with van der Waals surface area (Å²) in [7, 11) is -3.49. The first-order chi connectivity index (χ1) is 13.0. The third-order valence-corrected chi connectivity index (χ3v) is 7.58. The maximum absolute atomic E-state index is 13.1. The number of nitrogens with zero attached hydrogens (tertiary/aromatic N) is 1.